The van der Waals surface area contributed by atoms with E-state index in [1.54, 1.807) is 0 Å². The lowest BCUT2D eigenvalue weighted by Crippen LogP contribution is -1.83. The molecule has 0 amide bonds. The van der Waals surface area contributed by atoms with E-state index >= 15 is 0 Å². The molecule has 15 heavy (non-hydrogen) atoms. The zero-order chi connectivity index (χ0) is 11.3. The molecule has 0 spiro atoms. The largest absolute Gasteiger partial charge is 0.207 e. The number of benzene rings is 1. The van der Waals surface area contributed by atoms with E-state index in [1.165, 1.54) is 18.9 Å². The molecule has 0 radical (unpaired) electrons. The first-order valence-corrected chi connectivity index (χ1v) is 5.84. The summed E-state index contributed by atoms with van der Waals surface area (Å²) in [7, 11) is 0. The van der Waals surface area contributed by atoms with Crippen molar-refractivity contribution in [2.24, 2.45) is 0 Å². The van der Waals surface area contributed by atoms with E-state index in [4.69, 9.17) is 5.26 Å². The molecule has 1 fully saturated rings. The van der Waals surface area contributed by atoms with Crippen molar-refractivity contribution in [2.45, 2.75) is 18.1 Å². The molecule has 1 aromatic rings. The summed E-state index contributed by atoms with van der Waals surface area (Å²) in [6.45, 7) is 0. The molecule has 0 aromatic heterocycles. The molecule has 0 unspecified atom stereocenters. The van der Waals surface area contributed by atoms with Gasteiger partial charge in [0.05, 0.1) is 5.56 Å². The van der Waals surface area contributed by atoms with Crippen LogP contribution in [0.1, 0.15) is 18.4 Å². The minimum absolute atomic E-state index is 0.264. The van der Waals surface area contributed by atoms with E-state index < -0.39 is 11.6 Å². The summed E-state index contributed by atoms with van der Waals surface area (Å²) in [4.78, 5) is 0. The number of halogens is 2. The molecule has 0 saturated heterocycles. The van der Waals surface area contributed by atoms with Gasteiger partial charge in [-0.1, -0.05) is 0 Å². The van der Waals surface area contributed by atoms with E-state index in [9.17, 15) is 8.78 Å². The zero-order valence-corrected chi connectivity index (χ0v) is 9.15. The molecule has 0 heterocycles. The molecule has 0 N–H and O–H groups in total. The lowest BCUT2D eigenvalue weighted by Gasteiger charge is -1.90. The Labute approximate surface area is 92.1 Å². The second kappa shape index (κ2) is 5.72. The molecule has 0 atom stereocenters. The zero-order valence-electron chi connectivity index (χ0n) is 8.34. The van der Waals surface area contributed by atoms with Gasteiger partial charge in [0.2, 0.25) is 0 Å². The van der Waals surface area contributed by atoms with Gasteiger partial charge in [0.25, 0.3) is 0 Å². The third-order valence-corrected chi connectivity index (χ3v) is 3.04. The van der Waals surface area contributed by atoms with E-state index in [2.05, 4.69) is 6.26 Å². The molecule has 0 bridgehead atoms. The summed E-state index contributed by atoms with van der Waals surface area (Å²) in [5, 5.41) is 9.24. The molecule has 80 valence electrons. The Balaban J connectivity index is 0.000000187. The van der Waals surface area contributed by atoms with Crippen LogP contribution in [0.25, 0.3) is 0 Å². The van der Waals surface area contributed by atoms with Crippen LogP contribution in [0.15, 0.2) is 18.2 Å². The molecule has 2 rings (SSSR count). The number of rotatable bonds is 1. The topological polar surface area (TPSA) is 23.8 Å². The van der Waals surface area contributed by atoms with Gasteiger partial charge in [0.1, 0.15) is 17.7 Å². The van der Waals surface area contributed by atoms with Crippen molar-refractivity contribution in [1.29, 1.82) is 5.26 Å². The number of hydrogen-bond acceptors (Lipinski definition) is 2. The van der Waals surface area contributed by atoms with Crippen molar-refractivity contribution >= 4 is 11.8 Å². The van der Waals surface area contributed by atoms with Gasteiger partial charge in [-0.25, -0.2) is 8.78 Å². The highest BCUT2D eigenvalue weighted by molar-refractivity contribution is 7.99. The first-order chi connectivity index (χ1) is 7.17. The lowest BCUT2D eigenvalue weighted by atomic mass is 10.2. The summed E-state index contributed by atoms with van der Waals surface area (Å²) >= 11 is 1.99. The van der Waals surface area contributed by atoms with Crippen LogP contribution in [0.4, 0.5) is 8.78 Å². The van der Waals surface area contributed by atoms with E-state index in [-0.39, 0.29) is 5.56 Å². The van der Waals surface area contributed by atoms with Gasteiger partial charge in [-0.2, -0.15) is 17.0 Å². The molecule has 1 saturated carbocycles. The average molecular weight is 227 g/mol. The normalized spacial score (nSPS) is 13.7. The Morgan fingerprint density at radius 3 is 2.40 bits per heavy atom. The minimum Gasteiger partial charge on any atom is -0.207 e. The van der Waals surface area contributed by atoms with Gasteiger partial charge >= 0.3 is 0 Å². The van der Waals surface area contributed by atoms with Crippen LogP contribution in [0.2, 0.25) is 0 Å². The first-order valence-electron chi connectivity index (χ1n) is 4.55. The van der Waals surface area contributed by atoms with Crippen molar-refractivity contribution < 1.29 is 8.78 Å². The smallest absolute Gasteiger partial charge is 0.141 e. The summed E-state index contributed by atoms with van der Waals surface area (Å²) in [6, 6.07) is 4.27. The number of hydrogen-bond donors (Lipinski definition) is 0. The fraction of sp³-hybridized carbons (Fsp3) is 0.364. The second-order valence-corrected chi connectivity index (χ2v) is 4.31. The first kappa shape index (κ1) is 12.0. The van der Waals surface area contributed by atoms with Gasteiger partial charge in [0, 0.05) is 5.25 Å². The highest BCUT2D eigenvalue weighted by Crippen LogP contribution is 2.31. The molecule has 4 heteroatoms. The second-order valence-electron chi connectivity index (χ2n) is 3.17. The van der Waals surface area contributed by atoms with Crippen LogP contribution in [0, 0.1) is 23.0 Å². The fourth-order valence-electron chi connectivity index (χ4n) is 0.887. The summed E-state index contributed by atoms with van der Waals surface area (Å²) in [6.07, 6.45) is 5.12. The Bertz CT molecular complexity index is 369. The van der Waals surface area contributed by atoms with E-state index in [1.807, 2.05) is 11.8 Å². The summed E-state index contributed by atoms with van der Waals surface area (Å²) in [5.41, 5.74) is -0.264. The van der Waals surface area contributed by atoms with Crippen molar-refractivity contribution in [3.63, 3.8) is 0 Å². The Morgan fingerprint density at radius 2 is 2.07 bits per heavy atom. The maximum absolute atomic E-state index is 12.4. The minimum atomic E-state index is -0.691. The highest BCUT2D eigenvalue weighted by Gasteiger charge is 2.18. The van der Waals surface area contributed by atoms with Gasteiger partial charge in [0.15, 0.2) is 0 Å². The van der Waals surface area contributed by atoms with Crippen molar-refractivity contribution in [3.8, 4) is 6.07 Å². The molecule has 1 aliphatic rings. The number of nitriles is 1. The Kier molecular flexibility index (Phi) is 4.57. The SMILES string of the molecule is CSC1CC1.N#Cc1cc(F)ccc1F. The third-order valence-electron chi connectivity index (χ3n) is 1.91. The fourth-order valence-corrected chi connectivity index (χ4v) is 1.49. The van der Waals surface area contributed by atoms with Crippen LogP contribution < -0.4 is 0 Å². The van der Waals surface area contributed by atoms with Crippen molar-refractivity contribution in [3.05, 3.63) is 35.4 Å². The molecular formula is C11H11F2NS. The van der Waals surface area contributed by atoms with Crippen LogP contribution in [0.5, 0.6) is 0 Å². The lowest BCUT2D eigenvalue weighted by molar-refractivity contribution is 0.597. The number of thioether (sulfide) groups is 1. The summed E-state index contributed by atoms with van der Waals surface area (Å²) < 4.78 is 24.6. The molecule has 0 aliphatic heterocycles. The molecule has 1 aliphatic carbocycles. The predicted molar refractivity (Wildman–Crippen MR) is 57.6 cm³/mol. The predicted octanol–water partition coefficient (Wildman–Crippen LogP) is 3.35. The van der Waals surface area contributed by atoms with Crippen LogP contribution in [-0.2, 0) is 0 Å². The van der Waals surface area contributed by atoms with Crippen molar-refractivity contribution in [1.82, 2.24) is 0 Å². The van der Waals surface area contributed by atoms with Crippen LogP contribution in [0.3, 0.4) is 0 Å². The van der Waals surface area contributed by atoms with E-state index in [0.717, 1.165) is 23.4 Å². The van der Waals surface area contributed by atoms with Crippen LogP contribution in [-0.4, -0.2) is 11.5 Å². The summed E-state index contributed by atoms with van der Waals surface area (Å²) in [5.74, 6) is -1.29. The van der Waals surface area contributed by atoms with Crippen LogP contribution >= 0.6 is 11.8 Å². The standard InChI is InChI=1S/C7H3F2N.C4H8S/c8-6-1-2-7(9)5(3-6)4-10;1-5-4-2-3-4/h1-3H;4H,2-3H2,1H3. The third kappa shape index (κ3) is 4.30. The van der Waals surface area contributed by atoms with Gasteiger partial charge in [-0.3, -0.25) is 0 Å². The Morgan fingerprint density at radius 1 is 1.40 bits per heavy atom. The maximum atomic E-state index is 12.4. The van der Waals surface area contributed by atoms with Gasteiger partial charge < -0.3 is 0 Å². The highest BCUT2D eigenvalue weighted by atomic mass is 32.2. The maximum Gasteiger partial charge on any atom is 0.141 e. The molecule has 1 nitrogen and oxygen atoms in total. The molecule has 1 aromatic carbocycles. The van der Waals surface area contributed by atoms with Gasteiger partial charge in [-0.15, -0.1) is 0 Å². The van der Waals surface area contributed by atoms with E-state index in [0.29, 0.717) is 0 Å². The van der Waals surface area contributed by atoms with Gasteiger partial charge in [-0.05, 0) is 37.3 Å². The van der Waals surface area contributed by atoms with Crippen molar-refractivity contribution in [2.75, 3.05) is 6.26 Å². The molecular weight excluding hydrogens is 216 g/mol. The Hall–Kier alpha value is -1.08. The monoisotopic (exact) mass is 227 g/mol. The number of nitrogens with zero attached hydrogens (tertiary/aromatic N) is 1. The average Bonchev–Trinajstić information content (AvgIpc) is 3.06. The quantitative estimate of drug-likeness (QED) is 0.734.